The minimum atomic E-state index is -4.05. The minimum absolute atomic E-state index is 0.0321. The van der Waals surface area contributed by atoms with Crippen LogP contribution in [0.3, 0.4) is 0 Å². The molecular weight excluding hydrogens is 448 g/mol. The summed E-state index contributed by atoms with van der Waals surface area (Å²) in [6.07, 6.45) is 0.781. The zero-order valence-corrected chi connectivity index (χ0v) is 18.4. The van der Waals surface area contributed by atoms with Crippen LogP contribution in [0.2, 0.25) is 0 Å². The van der Waals surface area contributed by atoms with Gasteiger partial charge in [0.15, 0.2) is 6.61 Å². The number of nitrogens with zero attached hydrogens (tertiary/aromatic N) is 4. The van der Waals surface area contributed by atoms with E-state index in [-0.39, 0.29) is 23.8 Å². The predicted octanol–water partition coefficient (Wildman–Crippen LogP) is 1.22. The summed E-state index contributed by atoms with van der Waals surface area (Å²) in [5.41, 5.74) is -0.697. The highest BCUT2D eigenvalue weighted by molar-refractivity contribution is 7.90. The average Bonchev–Trinajstić information content (AvgIpc) is 2.70. The Morgan fingerprint density at radius 3 is 2.41 bits per heavy atom. The summed E-state index contributed by atoms with van der Waals surface area (Å²) in [6.45, 7) is 0.827. The number of benzene rings is 1. The largest absolute Gasteiger partial charge is 0.463 e. The second kappa shape index (κ2) is 10.00. The molecule has 0 unspecified atom stereocenters. The Labute approximate surface area is 183 Å². The maximum Gasteiger partial charge on any atom is 0.392 e. The Morgan fingerprint density at radius 2 is 1.84 bits per heavy atom. The van der Waals surface area contributed by atoms with Crippen molar-refractivity contribution in [1.29, 1.82) is 0 Å². The summed E-state index contributed by atoms with van der Waals surface area (Å²) in [7, 11) is -0.969. The third kappa shape index (κ3) is 6.10. The van der Waals surface area contributed by atoms with Crippen LogP contribution in [-0.2, 0) is 19.4 Å². The van der Waals surface area contributed by atoms with Crippen molar-refractivity contribution in [1.82, 2.24) is 14.9 Å². The number of aromatic nitrogens is 2. The maximum atomic E-state index is 12.2. The van der Waals surface area contributed by atoms with E-state index in [2.05, 4.69) is 14.7 Å². The molecule has 0 aliphatic heterocycles. The monoisotopic (exact) mass is 468 g/mol. The van der Waals surface area contributed by atoms with E-state index >= 15 is 0 Å². The molecule has 0 N–H and O–H groups in total. The van der Waals surface area contributed by atoms with Gasteiger partial charge in [0.2, 0.25) is 9.84 Å². The van der Waals surface area contributed by atoms with Gasteiger partial charge in [0, 0.05) is 25.9 Å². The highest BCUT2D eigenvalue weighted by Gasteiger charge is 2.31. The zero-order valence-electron chi connectivity index (χ0n) is 17.6. The van der Waals surface area contributed by atoms with Crippen LogP contribution in [-0.4, -0.2) is 73.7 Å². The van der Waals surface area contributed by atoms with E-state index in [1.165, 1.54) is 43.3 Å². The summed E-state index contributed by atoms with van der Waals surface area (Å²) in [6, 6.07) is 5.65. The van der Waals surface area contributed by atoms with Gasteiger partial charge >= 0.3 is 23.4 Å². The molecule has 13 nitrogen and oxygen atoms in total. The van der Waals surface area contributed by atoms with Gasteiger partial charge in [0.25, 0.3) is 11.1 Å². The normalized spacial score (nSPS) is 10.9. The molecule has 0 aliphatic rings. The molecule has 0 atom stereocenters. The van der Waals surface area contributed by atoms with Gasteiger partial charge in [-0.1, -0.05) is 6.07 Å². The van der Waals surface area contributed by atoms with Crippen molar-refractivity contribution in [2.75, 3.05) is 33.6 Å². The second-order valence-corrected chi connectivity index (χ2v) is 8.33. The highest BCUT2D eigenvalue weighted by Crippen LogP contribution is 2.37. The number of nitro groups is 1. The molecule has 1 aromatic heterocycles. The lowest BCUT2D eigenvalue weighted by Gasteiger charge is -2.12. The van der Waals surface area contributed by atoms with Gasteiger partial charge in [-0.25, -0.2) is 13.2 Å². The molecule has 32 heavy (non-hydrogen) atoms. The van der Waals surface area contributed by atoms with Crippen LogP contribution in [0.25, 0.3) is 0 Å². The molecule has 0 radical (unpaired) electrons. The summed E-state index contributed by atoms with van der Waals surface area (Å²) in [5.74, 6) is -2.79. The van der Waals surface area contributed by atoms with Crippen LogP contribution in [0, 0.1) is 10.1 Å². The van der Waals surface area contributed by atoms with Crippen molar-refractivity contribution in [2.24, 2.45) is 0 Å². The number of hydrogen-bond donors (Lipinski definition) is 0. The Morgan fingerprint density at radius 1 is 1.19 bits per heavy atom. The van der Waals surface area contributed by atoms with Crippen LogP contribution in [0.1, 0.15) is 17.3 Å². The molecule has 14 heteroatoms. The second-order valence-electron chi connectivity index (χ2n) is 6.42. The fourth-order valence-corrected chi connectivity index (χ4v) is 2.78. The van der Waals surface area contributed by atoms with Gasteiger partial charge in [0.05, 0.1) is 11.5 Å². The zero-order chi connectivity index (χ0) is 24.1. The molecule has 2 aromatic rings. The van der Waals surface area contributed by atoms with Gasteiger partial charge in [-0.15, -0.1) is 0 Å². The van der Waals surface area contributed by atoms with Crippen molar-refractivity contribution < 1.29 is 37.1 Å². The Balaban J connectivity index is 2.56. The first-order valence-electron chi connectivity index (χ1n) is 8.98. The lowest BCUT2D eigenvalue weighted by Crippen LogP contribution is -2.21. The van der Waals surface area contributed by atoms with Crippen molar-refractivity contribution in [3.8, 4) is 17.5 Å². The van der Waals surface area contributed by atoms with E-state index in [9.17, 15) is 28.1 Å². The quantitative estimate of drug-likeness (QED) is 0.224. The van der Waals surface area contributed by atoms with E-state index < -0.39 is 49.9 Å². The molecule has 0 saturated carbocycles. The fraction of sp³-hybridized carbons (Fsp3) is 0.333. The Hall–Kier alpha value is -3.81. The van der Waals surface area contributed by atoms with Gasteiger partial charge in [-0.3, -0.25) is 14.9 Å². The molecular formula is C18H20N4O9S. The number of carbonyl (C=O) groups excluding carboxylic acids is 2. The van der Waals surface area contributed by atoms with Crippen LogP contribution in [0.5, 0.6) is 17.5 Å². The number of rotatable bonds is 9. The van der Waals surface area contributed by atoms with E-state index in [4.69, 9.17) is 9.47 Å². The average molecular weight is 468 g/mol. The summed E-state index contributed by atoms with van der Waals surface area (Å²) < 4.78 is 39.1. The topological polar surface area (TPSA) is 168 Å². The predicted molar refractivity (Wildman–Crippen MR) is 108 cm³/mol. The SMILES string of the molecule is CCOC(=O)COc1nc(S(C)(=O)=O)nc(Oc2cccc(C(=O)N(C)C)c2)c1[N+](=O)[O-]. The number of sulfone groups is 1. The lowest BCUT2D eigenvalue weighted by molar-refractivity contribution is -0.387. The third-order valence-corrected chi connectivity index (χ3v) is 4.49. The van der Waals surface area contributed by atoms with E-state index in [0.717, 1.165) is 6.26 Å². The first-order chi connectivity index (χ1) is 14.9. The summed E-state index contributed by atoms with van der Waals surface area (Å²) in [4.78, 5) is 43.0. The smallest absolute Gasteiger partial charge is 0.392 e. The molecule has 0 spiro atoms. The number of ether oxygens (including phenoxy) is 3. The summed E-state index contributed by atoms with van der Waals surface area (Å²) in [5, 5.41) is 10.8. The molecule has 0 bridgehead atoms. The van der Waals surface area contributed by atoms with Crippen LogP contribution in [0.4, 0.5) is 5.69 Å². The third-order valence-electron chi connectivity index (χ3n) is 3.65. The number of carbonyl (C=O) groups is 2. The molecule has 2 rings (SSSR count). The van der Waals surface area contributed by atoms with E-state index in [1.54, 1.807) is 6.92 Å². The summed E-state index contributed by atoms with van der Waals surface area (Å²) >= 11 is 0. The molecule has 1 heterocycles. The molecule has 1 amide bonds. The van der Waals surface area contributed by atoms with Gasteiger partial charge < -0.3 is 19.1 Å². The van der Waals surface area contributed by atoms with Gasteiger partial charge in [-0.05, 0) is 25.1 Å². The number of esters is 1. The lowest BCUT2D eigenvalue weighted by atomic mass is 10.2. The van der Waals surface area contributed by atoms with Crippen LogP contribution < -0.4 is 9.47 Å². The van der Waals surface area contributed by atoms with Gasteiger partial charge in [0.1, 0.15) is 5.75 Å². The Kier molecular flexibility index (Phi) is 7.64. The van der Waals surface area contributed by atoms with Crippen molar-refractivity contribution in [2.45, 2.75) is 12.1 Å². The number of amides is 1. The van der Waals surface area contributed by atoms with Crippen molar-refractivity contribution >= 4 is 27.4 Å². The molecule has 0 aliphatic carbocycles. The fourth-order valence-electron chi connectivity index (χ4n) is 2.28. The highest BCUT2D eigenvalue weighted by atomic mass is 32.2. The van der Waals surface area contributed by atoms with Crippen molar-refractivity contribution in [3.05, 3.63) is 39.9 Å². The van der Waals surface area contributed by atoms with Crippen molar-refractivity contribution in [3.63, 3.8) is 0 Å². The first-order valence-corrected chi connectivity index (χ1v) is 10.9. The van der Waals surface area contributed by atoms with E-state index in [1.807, 2.05) is 0 Å². The maximum absolute atomic E-state index is 12.2. The van der Waals surface area contributed by atoms with Crippen LogP contribution in [0.15, 0.2) is 29.4 Å². The molecule has 0 saturated heterocycles. The van der Waals surface area contributed by atoms with Gasteiger partial charge in [-0.2, -0.15) is 9.97 Å². The standard InChI is InChI=1S/C18H20N4O9S/c1-5-29-13(23)10-30-15-14(22(25)26)16(20-18(19-15)32(4,27)28)31-12-8-6-7-11(9-12)17(24)21(2)3/h6-9H,5,10H2,1-4H3. The minimum Gasteiger partial charge on any atom is -0.463 e. The molecule has 1 aromatic carbocycles. The number of hydrogen-bond acceptors (Lipinski definition) is 11. The Bertz CT molecular complexity index is 1150. The first kappa shape index (κ1) is 24.5. The molecule has 0 fully saturated rings. The van der Waals surface area contributed by atoms with E-state index in [0.29, 0.717) is 0 Å². The molecule has 172 valence electrons. The van der Waals surface area contributed by atoms with Crippen LogP contribution >= 0.6 is 0 Å².